The Morgan fingerprint density at radius 2 is 1.50 bits per heavy atom. The fraction of sp³-hybridized carbons (Fsp3) is 0.414. The van der Waals surface area contributed by atoms with Gasteiger partial charge in [-0.3, -0.25) is 0 Å². The van der Waals surface area contributed by atoms with Crippen molar-refractivity contribution >= 4 is 0 Å². The number of hydrogen-bond acceptors (Lipinski definition) is 0. The van der Waals surface area contributed by atoms with E-state index in [0.29, 0.717) is 5.41 Å². The van der Waals surface area contributed by atoms with Crippen molar-refractivity contribution in [2.75, 3.05) is 0 Å². The normalized spacial score (nSPS) is 20.3. The van der Waals surface area contributed by atoms with Crippen molar-refractivity contribution in [2.24, 2.45) is 12.5 Å². The van der Waals surface area contributed by atoms with Crippen molar-refractivity contribution in [3.63, 3.8) is 0 Å². The number of aryl methyl sites for hydroxylation is 2. The van der Waals surface area contributed by atoms with E-state index in [4.69, 9.17) is 1.37 Å². The highest BCUT2D eigenvalue weighted by molar-refractivity contribution is 5.66. The van der Waals surface area contributed by atoms with E-state index < -0.39 is 5.89 Å². The quantitative estimate of drug-likeness (QED) is 0.406. The van der Waals surface area contributed by atoms with E-state index in [0.717, 1.165) is 12.8 Å². The molecule has 0 unspecified atom stereocenters. The molecule has 1 heteroatoms. The van der Waals surface area contributed by atoms with Gasteiger partial charge in [-0.15, -0.1) is 0 Å². The summed E-state index contributed by atoms with van der Waals surface area (Å²) < 4.78 is 11.4. The summed E-state index contributed by atoms with van der Waals surface area (Å²) in [6.07, 6.45) is 12.4. The topological polar surface area (TPSA) is 3.88 Å². The van der Waals surface area contributed by atoms with E-state index in [9.17, 15) is 0 Å². The lowest BCUT2D eigenvalue weighted by Crippen LogP contribution is -2.30. The van der Waals surface area contributed by atoms with Crippen LogP contribution in [-0.2, 0) is 7.05 Å². The van der Waals surface area contributed by atoms with Gasteiger partial charge in [0.1, 0.15) is 7.05 Å². The highest BCUT2D eigenvalue weighted by atomic mass is 14.9. The maximum atomic E-state index is 9.16. The average molecular weight is 398 g/mol. The first kappa shape index (κ1) is 18.4. The Morgan fingerprint density at radius 3 is 2.17 bits per heavy atom. The summed E-state index contributed by atoms with van der Waals surface area (Å²) in [5.74, 6) is -0.397. The second-order valence-electron chi connectivity index (χ2n) is 9.62. The summed E-state index contributed by atoms with van der Waals surface area (Å²) in [6.45, 7) is 2.17. The lowest BCUT2D eigenvalue weighted by Gasteiger charge is -2.37. The number of rotatable bonds is 3. The summed E-state index contributed by atoms with van der Waals surface area (Å²) in [4.78, 5) is 0. The van der Waals surface area contributed by atoms with E-state index in [1.165, 1.54) is 72.0 Å². The third kappa shape index (κ3) is 3.71. The van der Waals surface area contributed by atoms with Gasteiger partial charge in [0.2, 0.25) is 5.69 Å². The second-order valence-corrected chi connectivity index (χ2v) is 9.62. The Balaban J connectivity index is 1.36. The summed E-state index contributed by atoms with van der Waals surface area (Å²) in [7, 11) is 2.12. The molecule has 0 N–H and O–H groups in total. The number of aromatic nitrogens is 1. The Morgan fingerprint density at radius 1 is 0.833 bits per heavy atom. The van der Waals surface area contributed by atoms with Crippen LogP contribution in [-0.4, -0.2) is 0 Å². The molecule has 0 amide bonds. The molecule has 0 atom stereocenters. The lowest BCUT2D eigenvalue weighted by atomic mass is 9.68. The van der Waals surface area contributed by atoms with Crippen molar-refractivity contribution in [3.8, 4) is 22.4 Å². The largest absolute Gasteiger partial charge is 0.212 e. The molecule has 3 aromatic rings. The van der Waals surface area contributed by atoms with E-state index in [-0.39, 0.29) is 0 Å². The van der Waals surface area contributed by atoms with Crippen LogP contribution in [0.3, 0.4) is 0 Å². The molecule has 0 saturated heterocycles. The molecule has 0 bridgehead atoms. The Kier molecular flexibility index (Phi) is 4.91. The van der Waals surface area contributed by atoms with E-state index >= 15 is 0 Å². The van der Waals surface area contributed by atoms with E-state index in [2.05, 4.69) is 85.4 Å². The van der Waals surface area contributed by atoms with Gasteiger partial charge in [-0.25, -0.2) is 4.57 Å². The second kappa shape index (κ2) is 8.02. The predicted octanol–water partition coefficient (Wildman–Crippen LogP) is 7.37. The molecule has 1 aromatic heterocycles. The molecule has 1 heterocycles. The number of pyridine rings is 1. The van der Waals surface area contributed by atoms with Gasteiger partial charge in [0, 0.05) is 18.6 Å². The maximum Gasteiger partial charge on any atom is 0.212 e. The average Bonchev–Trinajstić information content (AvgIpc) is 3.25. The molecule has 5 rings (SSSR count). The van der Waals surface area contributed by atoms with E-state index in [1.54, 1.807) is 0 Å². The highest BCUT2D eigenvalue weighted by Gasteiger charge is 2.37. The number of nitrogens with zero attached hydrogens (tertiary/aromatic N) is 1. The Labute approximate surface area is 183 Å². The zero-order valence-corrected chi connectivity index (χ0v) is 18.5. The maximum absolute atomic E-state index is 9.16. The van der Waals surface area contributed by atoms with Gasteiger partial charge in [-0.1, -0.05) is 55.3 Å². The molecular weight excluding hydrogens is 362 g/mol. The summed E-state index contributed by atoms with van der Waals surface area (Å²) in [6, 6.07) is 21.8. The Bertz CT molecular complexity index is 1070. The van der Waals surface area contributed by atoms with Crippen LogP contribution in [0.5, 0.6) is 0 Å². The van der Waals surface area contributed by atoms with Crippen LogP contribution in [0.4, 0.5) is 0 Å². The van der Waals surface area contributed by atoms with Crippen LogP contribution in [0.1, 0.15) is 69.8 Å². The predicted molar refractivity (Wildman–Crippen MR) is 125 cm³/mol. The molecule has 0 aliphatic heterocycles. The van der Waals surface area contributed by atoms with Crippen LogP contribution in [0, 0.1) is 12.3 Å². The molecule has 1 nitrogen and oxygen atoms in total. The highest BCUT2D eigenvalue weighted by Crippen LogP contribution is 2.52. The number of benzene rings is 2. The third-order valence-corrected chi connectivity index (χ3v) is 7.76. The first-order valence-electron chi connectivity index (χ1n) is 12.1. The van der Waals surface area contributed by atoms with Crippen LogP contribution >= 0.6 is 0 Å². The van der Waals surface area contributed by atoms with Gasteiger partial charge in [-0.05, 0) is 85.6 Å². The van der Waals surface area contributed by atoms with Crippen molar-refractivity contribution in [1.82, 2.24) is 0 Å². The minimum absolute atomic E-state index is 0.397. The molecule has 2 fully saturated rings. The molecule has 2 aromatic carbocycles. The SMILES string of the molecule is [2H]C1(c2ccc(-c3ccc(-c4ccccc4C)[n+](C)c3)cc2)CCC2(CCCC2)CC1. The van der Waals surface area contributed by atoms with Gasteiger partial charge >= 0.3 is 0 Å². The standard InChI is InChI=1S/C29H34N/c1-22-7-3-4-8-27(22)28-14-13-26(21-30(28)2)24-11-9-23(10-12-24)25-15-19-29(20-16-25)17-5-6-18-29/h3-4,7-14,21,25H,5-6,15-20H2,1-2H3/q+1/i25D. The molecule has 0 radical (unpaired) electrons. The van der Waals surface area contributed by atoms with Crippen molar-refractivity contribution < 1.29 is 5.94 Å². The molecule has 30 heavy (non-hydrogen) atoms. The fourth-order valence-electron chi connectivity index (χ4n) is 5.81. The van der Waals surface area contributed by atoms with Gasteiger partial charge in [0.05, 0.1) is 0 Å². The monoisotopic (exact) mass is 397 g/mol. The fourth-order valence-corrected chi connectivity index (χ4v) is 5.81. The minimum atomic E-state index is -0.397. The first-order chi connectivity index (χ1) is 15.0. The van der Waals surface area contributed by atoms with Crippen LogP contribution in [0.2, 0.25) is 0 Å². The lowest BCUT2D eigenvalue weighted by molar-refractivity contribution is -0.659. The number of hydrogen-bond donors (Lipinski definition) is 0. The van der Waals surface area contributed by atoms with Crippen LogP contribution in [0.15, 0.2) is 66.9 Å². The summed E-state index contributed by atoms with van der Waals surface area (Å²) in [5.41, 5.74) is 8.03. The first-order valence-corrected chi connectivity index (χ1v) is 11.6. The molecule has 2 aliphatic carbocycles. The van der Waals surface area contributed by atoms with Crippen molar-refractivity contribution in [3.05, 3.63) is 78.0 Å². The molecule has 1 spiro atoms. The molecule has 154 valence electrons. The molecule has 2 aliphatic rings. The van der Waals surface area contributed by atoms with Crippen LogP contribution in [0.25, 0.3) is 22.4 Å². The summed E-state index contributed by atoms with van der Waals surface area (Å²) >= 11 is 0. The summed E-state index contributed by atoms with van der Waals surface area (Å²) in [5, 5.41) is 0. The van der Waals surface area contributed by atoms with Gasteiger partial charge in [0.15, 0.2) is 6.20 Å². The van der Waals surface area contributed by atoms with Gasteiger partial charge in [0.25, 0.3) is 0 Å². The van der Waals surface area contributed by atoms with Gasteiger partial charge < -0.3 is 0 Å². The van der Waals surface area contributed by atoms with Crippen molar-refractivity contribution in [2.45, 2.75) is 64.2 Å². The zero-order valence-electron chi connectivity index (χ0n) is 19.5. The zero-order chi connectivity index (χ0) is 21.5. The van der Waals surface area contributed by atoms with E-state index in [1.807, 2.05) is 0 Å². The molecular formula is C29H34N+. The van der Waals surface area contributed by atoms with Crippen molar-refractivity contribution in [1.29, 1.82) is 0 Å². The third-order valence-electron chi connectivity index (χ3n) is 7.76. The Hall–Kier alpha value is -2.41. The molecule has 2 saturated carbocycles. The minimum Gasteiger partial charge on any atom is -0.200 e. The smallest absolute Gasteiger partial charge is 0.200 e. The van der Waals surface area contributed by atoms with Gasteiger partial charge in [-0.2, -0.15) is 0 Å². The van der Waals surface area contributed by atoms with Crippen LogP contribution < -0.4 is 4.57 Å².